The van der Waals surface area contributed by atoms with Crippen molar-refractivity contribution < 1.29 is 0 Å². The number of rotatable bonds is 8. The van der Waals surface area contributed by atoms with E-state index in [0.29, 0.717) is 0 Å². The van der Waals surface area contributed by atoms with Crippen molar-refractivity contribution in [3.05, 3.63) is 0 Å². The molecule has 1 aliphatic rings. The lowest BCUT2D eigenvalue weighted by molar-refractivity contribution is 0.302. The maximum absolute atomic E-state index is 5.52. The number of hydrogen-bond donors (Lipinski definition) is 1. The van der Waals surface area contributed by atoms with E-state index in [0.717, 1.165) is 18.4 Å². The summed E-state index contributed by atoms with van der Waals surface area (Å²) in [5, 5.41) is 0. The molecule has 1 saturated carbocycles. The summed E-state index contributed by atoms with van der Waals surface area (Å²) >= 11 is 0. The van der Waals surface area contributed by atoms with E-state index in [9.17, 15) is 0 Å². The van der Waals surface area contributed by atoms with Gasteiger partial charge in [-0.1, -0.05) is 6.92 Å². The summed E-state index contributed by atoms with van der Waals surface area (Å²) in [5.74, 6) is 1.84. The first kappa shape index (κ1) is 12.0. The lowest BCUT2D eigenvalue weighted by Gasteiger charge is -2.17. The molecule has 1 unspecified atom stereocenters. The van der Waals surface area contributed by atoms with Crippen molar-refractivity contribution in [3.63, 3.8) is 0 Å². The Labute approximate surface area is 88.8 Å². The van der Waals surface area contributed by atoms with Crippen molar-refractivity contribution in [1.82, 2.24) is 4.90 Å². The van der Waals surface area contributed by atoms with Gasteiger partial charge in [-0.3, -0.25) is 0 Å². The highest BCUT2D eigenvalue weighted by Crippen LogP contribution is 2.29. The van der Waals surface area contributed by atoms with Gasteiger partial charge in [0.05, 0.1) is 0 Å². The normalized spacial score (nSPS) is 18.9. The molecule has 2 nitrogen and oxygen atoms in total. The smallest absolute Gasteiger partial charge is 0.000661 e. The molecule has 2 heteroatoms. The molecular weight excluding hydrogens is 172 g/mol. The second kappa shape index (κ2) is 6.41. The lowest BCUT2D eigenvalue weighted by atomic mass is 10.0. The van der Waals surface area contributed by atoms with Crippen LogP contribution >= 0.6 is 0 Å². The zero-order valence-electron chi connectivity index (χ0n) is 9.84. The van der Waals surface area contributed by atoms with Crippen LogP contribution < -0.4 is 5.73 Å². The summed E-state index contributed by atoms with van der Waals surface area (Å²) in [6.07, 6.45) is 6.80. The number of nitrogens with zero attached hydrogens (tertiary/aromatic N) is 1. The maximum atomic E-state index is 5.52. The molecule has 0 amide bonds. The molecule has 0 aromatic rings. The summed E-state index contributed by atoms with van der Waals surface area (Å²) in [4.78, 5) is 2.49. The molecule has 0 bridgehead atoms. The summed E-state index contributed by atoms with van der Waals surface area (Å²) in [7, 11) is 2.26. The zero-order chi connectivity index (χ0) is 10.4. The molecule has 84 valence electrons. The van der Waals surface area contributed by atoms with Crippen LogP contribution in [0.15, 0.2) is 0 Å². The summed E-state index contributed by atoms with van der Waals surface area (Å²) in [6, 6.07) is 0. The maximum Gasteiger partial charge on any atom is 0.000661 e. The van der Waals surface area contributed by atoms with E-state index in [1.807, 2.05) is 0 Å². The Bertz CT molecular complexity index is 143. The molecule has 0 spiro atoms. The Kier molecular flexibility index (Phi) is 5.49. The Morgan fingerprint density at radius 2 is 2.07 bits per heavy atom. The van der Waals surface area contributed by atoms with Crippen LogP contribution in [-0.2, 0) is 0 Å². The fourth-order valence-corrected chi connectivity index (χ4v) is 1.97. The van der Waals surface area contributed by atoms with Gasteiger partial charge in [0.2, 0.25) is 0 Å². The van der Waals surface area contributed by atoms with Crippen LogP contribution in [-0.4, -0.2) is 31.6 Å². The highest BCUT2D eigenvalue weighted by Gasteiger charge is 2.22. The van der Waals surface area contributed by atoms with Gasteiger partial charge in [0, 0.05) is 6.54 Å². The van der Waals surface area contributed by atoms with E-state index in [1.165, 1.54) is 45.2 Å². The number of nitrogens with two attached hydrogens (primary N) is 1. The standard InChI is InChI=1S/C12H26N2/c1-11(7-8-13)4-3-9-14(2)10-12-5-6-12/h11-12H,3-10,13H2,1-2H3. The van der Waals surface area contributed by atoms with E-state index >= 15 is 0 Å². The lowest BCUT2D eigenvalue weighted by Crippen LogP contribution is -2.22. The van der Waals surface area contributed by atoms with E-state index in [1.54, 1.807) is 0 Å². The van der Waals surface area contributed by atoms with Crippen LogP contribution in [0.1, 0.15) is 39.0 Å². The third-order valence-corrected chi connectivity index (χ3v) is 3.16. The Hall–Kier alpha value is -0.0800. The Balaban J connectivity index is 1.90. The first-order chi connectivity index (χ1) is 6.72. The van der Waals surface area contributed by atoms with Crippen molar-refractivity contribution in [2.75, 3.05) is 26.7 Å². The molecule has 0 heterocycles. The van der Waals surface area contributed by atoms with Gasteiger partial charge in [-0.2, -0.15) is 0 Å². The van der Waals surface area contributed by atoms with E-state index in [2.05, 4.69) is 18.9 Å². The molecule has 0 aliphatic heterocycles. The van der Waals surface area contributed by atoms with Crippen LogP contribution in [0.3, 0.4) is 0 Å². The zero-order valence-corrected chi connectivity index (χ0v) is 9.84. The van der Waals surface area contributed by atoms with Crippen LogP contribution in [0, 0.1) is 11.8 Å². The first-order valence-electron chi connectivity index (χ1n) is 6.11. The predicted octanol–water partition coefficient (Wildman–Crippen LogP) is 2.09. The topological polar surface area (TPSA) is 29.3 Å². The minimum atomic E-state index is 0.814. The van der Waals surface area contributed by atoms with Crippen LogP contribution in [0.4, 0.5) is 0 Å². The molecule has 1 rings (SSSR count). The largest absolute Gasteiger partial charge is 0.330 e. The van der Waals surface area contributed by atoms with Crippen molar-refractivity contribution in [2.24, 2.45) is 17.6 Å². The molecule has 14 heavy (non-hydrogen) atoms. The summed E-state index contributed by atoms with van der Waals surface area (Å²) < 4.78 is 0. The Morgan fingerprint density at radius 3 is 2.64 bits per heavy atom. The molecule has 0 aromatic carbocycles. The second-order valence-corrected chi connectivity index (χ2v) is 5.03. The van der Waals surface area contributed by atoms with Gasteiger partial charge in [-0.05, 0) is 64.1 Å². The fourth-order valence-electron chi connectivity index (χ4n) is 1.97. The first-order valence-corrected chi connectivity index (χ1v) is 6.11. The molecule has 0 aromatic heterocycles. The number of hydrogen-bond acceptors (Lipinski definition) is 2. The third-order valence-electron chi connectivity index (χ3n) is 3.16. The molecule has 0 radical (unpaired) electrons. The van der Waals surface area contributed by atoms with Gasteiger partial charge in [-0.15, -0.1) is 0 Å². The van der Waals surface area contributed by atoms with Gasteiger partial charge in [-0.25, -0.2) is 0 Å². The highest BCUT2D eigenvalue weighted by molar-refractivity contribution is 4.75. The van der Waals surface area contributed by atoms with Gasteiger partial charge in [0.25, 0.3) is 0 Å². The Morgan fingerprint density at radius 1 is 1.36 bits per heavy atom. The average Bonchev–Trinajstić information content (AvgIpc) is 2.88. The van der Waals surface area contributed by atoms with Gasteiger partial charge >= 0.3 is 0 Å². The molecule has 2 N–H and O–H groups in total. The minimum Gasteiger partial charge on any atom is -0.330 e. The minimum absolute atomic E-state index is 0.814. The SMILES string of the molecule is CC(CCN)CCCN(C)CC1CC1. The molecule has 1 atom stereocenters. The van der Waals surface area contributed by atoms with Gasteiger partial charge in [0.15, 0.2) is 0 Å². The monoisotopic (exact) mass is 198 g/mol. The van der Waals surface area contributed by atoms with Crippen LogP contribution in [0.25, 0.3) is 0 Å². The van der Waals surface area contributed by atoms with E-state index < -0.39 is 0 Å². The van der Waals surface area contributed by atoms with Gasteiger partial charge in [0.1, 0.15) is 0 Å². The van der Waals surface area contributed by atoms with Gasteiger partial charge < -0.3 is 10.6 Å². The second-order valence-electron chi connectivity index (χ2n) is 5.03. The van der Waals surface area contributed by atoms with Crippen molar-refractivity contribution in [3.8, 4) is 0 Å². The molecule has 1 fully saturated rings. The third kappa shape index (κ3) is 5.61. The van der Waals surface area contributed by atoms with E-state index in [-0.39, 0.29) is 0 Å². The molecule has 1 aliphatic carbocycles. The van der Waals surface area contributed by atoms with Crippen LogP contribution in [0.5, 0.6) is 0 Å². The quantitative estimate of drug-likeness (QED) is 0.647. The fraction of sp³-hybridized carbons (Fsp3) is 1.00. The molecular formula is C12H26N2. The predicted molar refractivity (Wildman–Crippen MR) is 62.3 cm³/mol. The highest BCUT2D eigenvalue weighted by atomic mass is 15.1. The molecule has 0 saturated heterocycles. The summed E-state index contributed by atoms with van der Waals surface area (Å²) in [5.41, 5.74) is 5.52. The average molecular weight is 198 g/mol. The van der Waals surface area contributed by atoms with Crippen LogP contribution in [0.2, 0.25) is 0 Å². The van der Waals surface area contributed by atoms with Crippen molar-refractivity contribution >= 4 is 0 Å². The van der Waals surface area contributed by atoms with Crippen molar-refractivity contribution in [2.45, 2.75) is 39.0 Å². The van der Waals surface area contributed by atoms with Crippen molar-refractivity contribution in [1.29, 1.82) is 0 Å². The summed E-state index contributed by atoms with van der Waals surface area (Å²) in [6.45, 7) is 5.75. The van der Waals surface area contributed by atoms with E-state index in [4.69, 9.17) is 5.73 Å².